The molecule has 0 aliphatic carbocycles. The van der Waals surface area contributed by atoms with E-state index in [4.69, 9.17) is 71.7 Å². The maximum absolute atomic E-state index is 15.2. The van der Waals surface area contributed by atoms with Crippen molar-refractivity contribution in [3.63, 3.8) is 0 Å². The highest BCUT2D eigenvalue weighted by atomic mass is 35.6. The third-order valence-corrected chi connectivity index (χ3v) is 19.3. The molecule has 1 heterocycles. The lowest BCUT2D eigenvalue weighted by Gasteiger charge is -2.46. The molecular weight excluding hydrogens is 992 g/mol. The Morgan fingerprint density at radius 3 is 1.69 bits per heavy atom. The second-order valence-corrected chi connectivity index (χ2v) is 29.0. The number of halogens is 3. The molecule has 2 aromatic carbocycles. The number of hydrogen-bond acceptors (Lipinski definition) is 11. The summed E-state index contributed by atoms with van der Waals surface area (Å²) in [6, 6.07) is 15.7. The number of alkyl halides is 3. The molecule has 1 saturated heterocycles. The van der Waals surface area contributed by atoms with E-state index < -0.39 is 63.3 Å². The molecule has 0 saturated carbocycles. The molecule has 70 heavy (non-hydrogen) atoms. The number of ether oxygens (including phenoxy) is 4. The Hall–Kier alpha value is -1.61. The number of phosphoric ester groups is 1. The number of hydrogen-bond donors (Lipinski definition) is 2. The number of phosphoric acid groups is 1. The van der Waals surface area contributed by atoms with Gasteiger partial charge in [0.2, 0.25) is 3.79 Å². The summed E-state index contributed by atoms with van der Waals surface area (Å²) in [5.41, 5.74) is 0. The van der Waals surface area contributed by atoms with E-state index >= 15 is 4.57 Å². The number of rotatable bonds is 37. The molecule has 0 spiro atoms. The number of nitrogens with one attached hydrogen (secondary N) is 1. The minimum absolute atomic E-state index is 0.0810. The van der Waals surface area contributed by atoms with E-state index in [0.717, 1.165) is 32.1 Å². The van der Waals surface area contributed by atoms with Gasteiger partial charge in [-0.1, -0.05) is 221 Å². The Kier molecular flexibility index (Phi) is 30.5. The maximum Gasteiger partial charge on any atom is 0.588 e. The fourth-order valence-corrected chi connectivity index (χ4v) is 10.6. The molecule has 402 valence electrons. The van der Waals surface area contributed by atoms with Crippen molar-refractivity contribution in [1.29, 1.82) is 0 Å². The van der Waals surface area contributed by atoms with E-state index in [1.165, 1.54) is 96.3 Å². The smallest absolute Gasteiger partial charge is 0.445 e. The van der Waals surface area contributed by atoms with E-state index in [1.54, 1.807) is 60.7 Å². The van der Waals surface area contributed by atoms with E-state index in [0.29, 0.717) is 13.0 Å². The Morgan fingerprint density at radius 1 is 0.714 bits per heavy atom. The van der Waals surface area contributed by atoms with Crippen LogP contribution in [0.5, 0.6) is 11.5 Å². The number of carbonyl (C=O) groups excluding carboxylic acids is 1. The highest BCUT2D eigenvalue weighted by Gasteiger charge is 2.53. The van der Waals surface area contributed by atoms with Crippen LogP contribution in [0.1, 0.15) is 169 Å². The van der Waals surface area contributed by atoms with Crippen molar-refractivity contribution in [1.82, 2.24) is 5.32 Å². The van der Waals surface area contributed by atoms with Crippen molar-refractivity contribution in [3.8, 4) is 11.5 Å². The van der Waals surface area contributed by atoms with Crippen LogP contribution in [0.25, 0.3) is 0 Å². The van der Waals surface area contributed by atoms with Gasteiger partial charge in [0.1, 0.15) is 42.5 Å². The number of aliphatic hydroxyl groups is 1. The first kappa shape index (κ1) is 62.7. The zero-order valence-corrected chi connectivity index (χ0v) is 47.7. The van der Waals surface area contributed by atoms with Crippen molar-refractivity contribution < 1.29 is 51.4 Å². The van der Waals surface area contributed by atoms with Crippen LogP contribution < -0.4 is 14.4 Å². The highest BCUT2D eigenvalue weighted by molar-refractivity contribution is 7.49. The summed E-state index contributed by atoms with van der Waals surface area (Å²) in [7, 11) is -7.10. The molecule has 3 rings (SSSR count). The van der Waals surface area contributed by atoms with Crippen LogP contribution in [0.15, 0.2) is 60.7 Å². The molecule has 1 aliphatic heterocycles. The van der Waals surface area contributed by atoms with Gasteiger partial charge < -0.3 is 42.8 Å². The third kappa shape index (κ3) is 26.0. The van der Waals surface area contributed by atoms with Gasteiger partial charge >= 0.3 is 13.9 Å². The van der Waals surface area contributed by atoms with Crippen molar-refractivity contribution in [2.45, 2.75) is 228 Å². The largest absolute Gasteiger partial charge is 0.588 e. The van der Waals surface area contributed by atoms with Gasteiger partial charge in [-0.05, 0) is 61.7 Å². The van der Waals surface area contributed by atoms with Crippen LogP contribution in [0.3, 0.4) is 0 Å². The highest BCUT2D eigenvalue weighted by Crippen LogP contribution is 2.52. The molecule has 0 unspecified atom stereocenters. The predicted molar refractivity (Wildman–Crippen MR) is 287 cm³/mol. The topological polar surface area (TPSA) is 140 Å². The van der Waals surface area contributed by atoms with E-state index in [2.05, 4.69) is 53.0 Å². The zero-order valence-electron chi connectivity index (χ0n) is 43.5. The average Bonchev–Trinajstić information content (AvgIpc) is 3.30. The zero-order chi connectivity index (χ0) is 51.3. The van der Waals surface area contributed by atoms with Gasteiger partial charge in [-0.3, -0.25) is 4.52 Å². The number of benzene rings is 2. The summed E-state index contributed by atoms with van der Waals surface area (Å²) < 4.78 is 63.6. The molecule has 17 heteroatoms. The summed E-state index contributed by atoms with van der Waals surface area (Å²) in [6.07, 6.45) is 18.2. The fourth-order valence-electron chi connectivity index (χ4n) is 7.97. The molecule has 1 fully saturated rings. The van der Waals surface area contributed by atoms with Crippen LogP contribution in [0.4, 0.5) is 4.79 Å². The molecule has 1 aliphatic rings. The molecule has 6 atom stereocenters. The number of unbranched alkanes of at least 4 members (excludes halogenated alkanes) is 17. The summed E-state index contributed by atoms with van der Waals surface area (Å²) in [4.78, 5) is 13.4. The molecule has 12 nitrogen and oxygen atoms in total. The van der Waals surface area contributed by atoms with Crippen LogP contribution >= 0.6 is 42.6 Å². The van der Waals surface area contributed by atoms with Gasteiger partial charge in [-0.25, -0.2) is 9.36 Å². The molecular formula is C53H89Cl3NO11PSi. The maximum atomic E-state index is 15.2. The number of carbonyl (C=O) groups is 1. The standard InChI is InChI=1S/C53H89Cl3NO11PSi/c1-8-10-12-14-16-18-20-22-24-32-39-61-43(33-27-23-21-19-17-15-13-11-9-2)38-40-62-49-47(57-51(59)63-42-53(54,55)56)50(58)65-46(41-64-70(6,7)52(3,4)5)48(49)68-69(60,66-44-34-28-25-29-35-44)67-45-36-30-26-31-37-45/h25-26,28-31,34-37,43,46-50,58H,8-24,27,32-33,38-42H2,1-7H3,(H,57,59)/t43-,46-,47-,48-,49-,50+/m1/s1. The lowest BCUT2D eigenvalue weighted by molar-refractivity contribution is -0.257. The van der Waals surface area contributed by atoms with Gasteiger partial charge in [-0.15, -0.1) is 0 Å². The van der Waals surface area contributed by atoms with Gasteiger partial charge in [0.25, 0.3) is 0 Å². The second kappa shape index (κ2) is 34.1. The molecule has 0 radical (unpaired) electrons. The monoisotopic (exact) mass is 1080 g/mol. The van der Waals surface area contributed by atoms with Gasteiger partial charge in [-0.2, -0.15) is 0 Å². The van der Waals surface area contributed by atoms with Crippen molar-refractivity contribution in [2.75, 3.05) is 26.4 Å². The van der Waals surface area contributed by atoms with Crippen molar-refractivity contribution in [2.24, 2.45) is 0 Å². The summed E-state index contributed by atoms with van der Waals surface area (Å²) >= 11 is 17.8. The van der Waals surface area contributed by atoms with Crippen LogP contribution in [0, 0.1) is 0 Å². The first-order valence-corrected chi connectivity index (χ1v) is 31.8. The minimum atomic E-state index is -4.64. The van der Waals surface area contributed by atoms with Crippen LogP contribution in [-0.2, 0) is 32.5 Å². The summed E-state index contributed by atoms with van der Waals surface area (Å²) in [6.45, 7) is 15.1. The number of aliphatic hydroxyl groups excluding tert-OH is 1. The lowest BCUT2D eigenvalue weighted by Crippen LogP contribution is -2.66. The average molecular weight is 1080 g/mol. The van der Waals surface area contributed by atoms with E-state index in [1.807, 2.05) is 0 Å². The third-order valence-electron chi connectivity index (χ3n) is 13.1. The molecule has 2 aromatic rings. The number of alkyl carbamates (subject to hydrolysis) is 1. The van der Waals surface area contributed by atoms with Crippen molar-refractivity contribution in [3.05, 3.63) is 60.7 Å². The molecule has 2 N–H and O–H groups in total. The normalized spacial score (nSPS) is 19.4. The molecule has 1 amide bonds. The van der Waals surface area contributed by atoms with Gasteiger partial charge in [0, 0.05) is 13.2 Å². The van der Waals surface area contributed by atoms with Gasteiger partial charge in [0.15, 0.2) is 14.6 Å². The Balaban J connectivity index is 1.93. The van der Waals surface area contributed by atoms with E-state index in [-0.39, 0.29) is 35.9 Å². The lowest BCUT2D eigenvalue weighted by atomic mass is 9.96. The Labute approximate surface area is 438 Å². The van der Waals surface area contributed by atoms with E-state index in [9.17, 15) is 9.90 Å². The molecule has 0 aromatic heterocycles. The predicted octanol–water partition coefficient (Wildman–Crippen LogP) is 15.8. The van der Waals surface area contributed by atoms with Crippen LogP contribution in [-0.4, -0.2) is 86.5 Å². The fraction of sp³-hybridized carbons (Fsp3) is 0.755. The summed E-state index contributed by atoms with van der Waals surface area (Å²) in [5.74, 6) is 0.433. The molecule has 0 bridgehead atoms. The Bertz CT molecular complexity index is 1660. The number of para-hydroxylation sites is 2. The quantitative estimate of drug-likeness (QED) is 0.0289. The summed E-state index contributed by atoms with van der Waals surface area (Å²) in [5, 5.41) is 14.2. The van der Waals surface area contributed by atoms with Crippen molar-refractivity contribution >= 4 is 57.0 Å². The first-order valence-electron chi connectivity index (χ1n) is 26.3. The first-order chi connectivity index (χ1) is 33.4. The number of amides is 1. The van der Waals surface area contributed by atoms with Crippen LogP contribution in [0.2, 0.25) is 18.1 Å². The minimum Gasteiger partial charge on any atom is -0.445 e. The SMILES string of the molecule is CCCCCCCCCCCCO[C@H](CCCCCCCCCCC)CCO[C@@H]1[C@@H](NC(=O)OCC(Cl)(Cl)Cl)[C@@H](O)O[C@H](CO[Si](C)(C)C(C)(C)C)[C@H]1OP(=O)(Oc1ccccc1)Oc1ccccc1. The van der Waals surface area contributed by atoms with Gasteiger partial charge in [0.05, 0.1) is 12.7 Å². The Morgan fingerprint density at radius 2 is 1.20 bits per heavy atom. The second-order valence-electron chi connectivity index (χ2n) is 20.2.